The Kier molecular flexibility index (Phi) is 31.5. The van der Waals surface area contributed by atoms with E-state index in [2.05, 4.69) is 26.0 Å². The van der Waals surface area contributed by atoms with Crippen LogP contribution in [0.4, 0.5) is 0 Å². The highest BCUT2D eigenvalue weighted by molar-refractivity contribution is 5.69. The molecule has 0 unspecified atom stereocenters. The second-order valence-electron chi connectivity index (χ2n) is 11.2. The fourth-order valence-corrected chi connectivity index (χ4v) is 4.89. The molecule has 0 atom stereocenters. The average molecular weight is 507 g/mol. The Hall–Kier alpha value is -0.790. The zero-order valence-electron chi connectivity index (χ0n) is 25.0. The van der Waals surface area contributed by atoms with Gasteiger partial charge in [-0.15, -0.1) is 0 Å². The normalized spacial score (nSPS) is 11.5. The molecule has 0 aliphatic heterocycles. The molecule has 0 aromatic rings. The molecule has 0 amide bonds. The summed E-state index contributed by atoms with van der Waals surface area (Å²) in [5.41, 5.74) is 0. The van der Waals surface area contributed by atoms with Gasteiger partial charge in [0.05, 0.1) is 6.61 Å². The first-order valence-electron chi connectivity index (χ1n) is 16.6. The van der Waals surface area contributed by atoms with Crippen LogP contribution in [0, 0.1) is 0 Å². The van der Waals surface area contributed by atoms with Gasteiger partial charge in [-0.3, -0.25) is 4.79 Å². The summed E-state index contributed by atoms with van der Waals surface area (Å²) in [6.45, 7) is 5.19. The molecule has 0 heterocycles. The number of carbonyl (C=O) groups is 1. The smallest absolute Gasteiger partial charge is 0.305 e. The van der Waals surface area contributed by atoms with Crippen LogP contribution in [0.5, 0.6) is 0 Å². The van der Waals surface area contributed by atoms with E-state index in [9.17, 15) is 4.79 Å². The number of ether oxygens (including phenoxy) is 1. The van der Waals surface area contributed by atoms with Crippen molar-refractivity contribution in [3.63, 3.8) is 0 Å². The molecule has 0 bridgehead atoms. The first kappa shape index (κ1) is 35.2. The largest absolute Gasteiger partial charge is 0.466 e. The van der Waals surface area contributed by atoms with Crippen LogP contribution in [0.2, 0.25) is 0 Å². The van der Waals surface area contributed by atoms with Crippen LogP contribution in [0.3, 0.4) is 0 Å². The van der Waals surface area contributed by atoms with Crippen molar-refractivity contribution in [3.05, 3.63) is 12.2 Å². The fourth-order valence-electron chi connectivity index (χ4n) is 4.89. The summed E-state index contributed by atoms with van der Waals surface area (Å²) >= 11 is 0. The first-order chi connectivity index (χ1) is 17.8. The second-order valence-corrected chi connectivity index (χ2v) is 11.2. The quantitative estimate of drug-likeness (QED) is 0.0550. The summed E-state index contributed by atoms with van der Waals surface area (Å²) < 4.78 is 5.42. The molecule has 0 saturated carbocycles. The Morgan fingerprint density at radius 1 is 0.444 bits per heavy atom. The van der Waals surface area contributed by atoms with Crippen LogP contribution in [0.1, 0.15) is 194 Å². The van der Waals surface area contributed by atoms with Crippen molar-refractivity contribution < 1.29 is 9.53 Å². The molecule has 214 valence electrons. The van der Waals surface area contributed by atoms with Crippen molar-refractivity contribution in [2.24, 2.45) is 0 Å². The highest BCUT2D eigenvalue weighted by Crippen LogP contribution is 2.13. The number of rotatable bonds is 30. The summed E-state index contributed by atoms with van der Waals surface area (Å²) in [5.74, 6) is 0.0160. The van der Waals surface area contributed by atoms with Gasteiger partial charge in [0.1, 0.15) is 0 Å². The Balaban J connectivity index is 3.19. The van der Waals surface area contributed by atoms with E-state index in [1.54, 1.807) is 0 Å². The molecule has 0 aromatic carbocycles. The summed E-state index contributed by atoms with van der Waals surface area (Å²) in [7, 11) is 0. The van der Waals surface area contributed by atoms with Gasteiger partial charge in [0.2, 0.25) is 0 Å². The van der Waals surface area contributed by atoms with E-state index in [-0.39, 0.29) is 5.97 Å². The lowest BCUT2D eigenvalue weighted by Crippen LogP contribution is -2.05. The average Bonchev–Trinajstić information content (AvgIpc) is 2.88. The van der Waals surface area contributed by atoms with E-state index < -0.39 is 0 Å². The van der Waals surface area contributed by atoms with Crippen LogP contribution in [-0.2, 0) is 9.53 Å². The van der Waals surface area contributed by atoms with Gasteiger partial charge in [0, 0.05) is 6.42 Å². The van der Waals surface area contributed by atoms with Gasteiger partial charge in [-0.1, -0.05) is 161 Å². The van der Waals surface area contributed by atoms with Crippen molar-refractivity contribution in [2.75, 3.05) is 6.61 Å². The molecular formula is C34H66O2. The molecule has 0 rings (SSSR count). The van der Waals surface area contributed by atoms with Crippen LogP contribution >= 0.6 is 0 Å². The molecular weight excluding hydrogens is 440 g/mol. The number of hydrogen-bond acceptors (Lipinski definition) is 2. The molecule has 0 spiro atoms. The maximum Gasteiger partial charge on any atom is 0.305 e. The lowest BCUT2D eigenvalue weighted by molar-refractivity contribution is -0.143. The molecule has 0 fully saturated rings. The summed E-state index contributed by atoms with van der Waals surface area (Å²) in [5, 5.41) is 0. The summed E-state index contributed by atoms with van der Waals surface area (Å²) in [4.78, 5) is 11.9. The number of hydrogen-bond donors (Lipinski definition) is 0. The van der Waals surface area contributed by atoms with E-state index in [0.29, 0.717) is 13.0 Å². The maximum absolute atomic E-state index is 11.9. The summed E-state index contributed by atoms with van der Waals surface area (Å²) in [6.07, 6.45) is 41.2. The van der Waals surface area contributed by atoms with Crippen molar-refractivity contribution in [3.8, 4) is 0 Å². The van der Waals surface area contributed by atoms with Crippen molar-refractivity contribution in [1.29, 1.82) is 0 Å². The van der Waals surface area contributed by atoms with Crippen molar-refractivity contribution >= 4 is 5.97 Å². The van der Waals surface area contributed by atoms with Crippen molar-refractivity contribution in [1.82, 2.24) is 0 Å². The first-order valence-corrected chi connectivity index (χ1v) is 16.6. The van der Waals surface area contributed by atoms with Crippen LogP contribution < -0.4 is 0 Å². The molecule has 2 heteroatoms. The minimum atomic E-state index is 0.0160. The third-order valence-electron chi connectivity index (χ3n) is 7.40. The van der Waals surface area contributed by atoms with Crippen LogP contribution in [-0.4, -0.2) is 12.6 Å². The molecule has 0 N–H and O–H groups in total. The highest BCUT2D eigenvalue weighted by Gasteiger charge is 2.02. The third-order valence-corrected chi connectivity index (χ3v) is 7.40. The molecule has 36 heavy (non-hydrogen) atoms. The fraction of sp³-hybridized carbons (Fsp3) is 0.912. The predicted molar refractivity (Wildman–Crippen MR) is 161 cm³/mol. The maximum atomic E-state index is 11.9. The van der Waals surface area contributed by atoms with Gasteiger partial charge in [-0.25, -0.2) is 0 Å². The number of esters is 1. The lowest BCUT2D eigenvalue weighted by Gasteiger charge is -2.05. The Labute approximate surface area is 227 Å². The van der Waals surface area contributed by atoms with Crippen LogP contribution in [0.15, 0.2) is 12.2 Å². The van der Waals surface area contributed by atoms with E-state index >= 15 is 0 Å². The number of unbranched alkanes of at least 4 members (excludes halogenated alkanes) is 24. The molecule has 0 radical (unpaired) electrons. The monoisotopic (exact) mass is 507 g/mol. The van der Waals surface area contributed by atoms with E-state index in [0.717, 1.165) is 19.3 Å². The minimum absolute atomic E-state index is 0.0160. The topological polar surface area (TPSA) is 26.3 Å². The Morgan fingerprint density at radius 2 is 0.778 bits per heavy atom. The van der Waals surface area contributed by atoms with Gasteiger partial charge in [0.25, 0.3) is 0 Å². The highest BCUT2D eigenvalue weighted by atomic mass is 16.5. The van der Waals surface area contributed by atoms with Gasteiger partial charge in [-0.05, 0) is 38.5 Å². The molecule has 2 nitrogen and oxygen atoms in total. The third kappa shape index (κ3) is 31.2. The van der Waals surface area contributed by atoms with E-state index in [1.165, 1.54) is 154 Å². The molecule has 0 aromatic heterocycles. The zero-order chi connectivity index (χ0) is 26.2. The zero-order valence-corrected chi connectivity index (χ0v) is 25.0. The number of allylic oxidation sites excluding steroid dienone is 2. The van der Waals surface area contributed by atoms with Gasteiger partial charge in [-0.2, -0.15) is 0 Å². The minimum Gasteiger partial charge on any atom is -0.466 e. The Morgan fingerprint density at radius 3 is 1.19 bits per heavy atom. The number of carbonyl (C=O) groups excluding carboxylic acids is 1. The van der Waals surface area contributed by atoms with Crippen molar-refractivity contribution in [2.45, 2.75) is 194 Å². The molecule has 0 aliphatic carbocycles. The molecule has 0 aliphatic rings. The van der Waals surface area contributed by atoms with Gasteiger partial charge in [0.15, 0.2) is 0 Å². The standard InChI is InChI=1S/C34H66O2/c1-3-5-7-9-11-13-15-17-19-20-22-24-26-28-30-32-34(35)36-33-31-29-27-25-23-21-18-16-14-12-10-8-6-4-2/h17,19H,3-16,18,20-33H2,1-2H3/b19-17+. The predicted octanol–water partition coefficient (Wildman–Crippen LogP) is 12.0. The van der Waals surface area contributed by atoms with Crippen LogP contribution in [0.25, 0.3) is 0 Å². The van der Waals surface area contributed by atoms with E-state index in [4.69, 9.17) is 4.74 Å². The lowest BCUT2D eigenvalue weighted by atomic mass is 10.0. The van der Waals surface area contributed by atoms with Gasteiger partial charge >= 0.3 is 5.97 Å². The second kappa shape index (κ2) is 32.2. The Bertz CT molecular complexity index is 442. The summed E-state index contributed by atoms with van der Waals surface area (Å²) in [6, 6.07) is 0. The molecule has 0 saturated heterocycles. The van der Waals surface area contributed by atoms with Gasteiger partial charge < -0.3 is 4.74 Å². The SMILES string of the molecule is CCCCCCCC/C=C/CCCCCCCC(=O)OCCCCCCCCCCCCCCCC. The van der Waals surface area contributed by atoms with E-state index in [1.807, 2.05) is 0 Å².